The molecular weight excluding hydrogens is 262 g/mol. The molecule has 1 aromatic carbocycles. The Balaban J connectivity index is 1.78. The summed E-state index contributed by atoms with van der Waals surface area (Å²) >= 11 is 0. The second-order valence-corrected chi connectivity index (χ2v) is 6.72. The molecule has 1 aliphatic carbocycles. The first-order chi connectivity index (χ1) is 9.15. The molecule has 102 valence electrons. The van der Waals surface area contributed by atoms with Gasteiger partial charge in [0.05, 0.1) is 10.9 Å². The van der Waals surface area contributed by atoms with Crippen LogP contribution in [-0.2, 0) is 10.0 Å². The number of sulfonamides is 1. The van der Waals surface area contributed by atoms with Gasteiger partial charge in [-0.25, -0.2) is 18.1 Å². The molecule has 1 aliphatic heterocycles. The average molecular weight is 279 g/mol. The standard InChI is InChI=1S/C13H17N3O2S/c17-19(18,11-6-2-1-3-7-11)16-13-14-9-10-5-4-8-12(10)15-13/h1-3,6-7,10,12H,4-5,8-9H2,(H2,14,15,16)/t10-,12-/m0/s1. The average Bonchev–Trinajstić information content (AvgIpc) is 2.87. The molecule has 0 unspecified atom stereocenters. The van der Waals surface area contributed by atoms with Crippen molar-refractivity contribution >= 4 is 16.0 Å². The highest BCUT2D eigenvalue weighted by Gasteiger charge is 2.31. The zero-order valence-electron chi connectivity index (χ0n) is 10.5. The normalized spacial score (nSPS) is 26.2. The zero-order valence-corrected chi connectivity index (χ0v) is 11.4. The first kappa shape index (κ1) is 12.5. The molecule has 6 heteroatoms. The monoisotopic (exact) mass is 279 g/mol. The highest BCUT2D eigenvalue weighted by atomic mass is 32.2. The van der Waals surface area contributed by atoms with Crippen molar-refractivity contribution < 1.29 is 8.42 Å². The van der Waals surface area contributed by atoms with Crippen LogP contribution in [0.1, 0.15) is 19.3 Å². The Kier molecular flexibility index (Phi) is 3.18. The summed E-state index contributed by atoms with van der Waals surface area (Å²) in [7, 11) is -3.53. The second kappa shape index (κ2) is 4.85. The number of fused-ring (bicyclic) bond motifs is 1. The van der Waals surface area contributed by atoms with Gasteiger partial charge in [0.2, 0.25) is 5.96 Å². The van der Waals surface area contributed by atoms with E-state index in [2.05, 4.69) is 15.0 Å². The van der Waals surface area contributed by atoms with Gasteiger partial charge in [-0.1, -0.05) is 24.6 Å². The molecule has 5 nitrogen and oxygen atoms in total. The summed E-state index contributed by atoms with van der Waals surface area (Å²) in [4.78, 5) is 4.73. The van der Waals surface area contributed by atoms with E-state index >= 15 is 0 Å². The van der Waals surface area contributed by atoms with Gasteiger partial charge in [-0.2, -0.15) is 0 Å². The molecule has 1 aromatic rings. The van der Waals surface area contributed by atoms with Crippen molar-refractivity contribution in [3.63, 3.8) is 0 Å². The van der Waals surface area contributed by atoms with Crippen LogP contribution in [0.3, 0.4) is 0 Å². The summed E-state index contributed by atoms with van der Waals surface area (Å²) in [6, 6.07) is 8.62. The molecule has 1 saturated carbocycles. The van der Waals surface area contributed by atoms with Crippen molar-refractivity contribution in [1.82, 2.24) is 10.0 Å². The Morgan fingerprint density at radius 2 is 2.00 bits per heavy atom. The zero-order chi connectivity index (χ0) is 13.3. The topological polar surface area (TPSA) is 70.6 Å². The first-order valence-electron chi connectivity index (χ1n) is 6.55. The third kappa shape index (κ3) is 2.58. The summed E-state index contributed by atoms with van der Waals surface area (Å²) in [6.07, 6.45) is 3.42. The Hall–Kier alpha value is -1.56. The predicted octanol–water partition coefficient (Wildman–Crippen LogP) is 1.09. The third-order valence-electron chi connectivity index (χ3n) is 3.73. The number of benzene rings is 1. The van der Waals surface area contributed by atoms with Crippen LogP contribution >= 0.6 is 0 Å². The highest BCUT2D eigenvalue weighted by molar-refractivity contribution is 7.90. The molecule has 0 aromatic heterocycles. The van der Waals surface area contributed by atoms with Crippen molar-refractivity contribution in [2.45, 2.75) is 30.2 Å². The first-order valence-corrected chi connectivity index (χ1v) is 8.03. The largest absolute Gasteiger partial charge is 0.355 e. The van der Waals surface area contributed by atoms with Crippen LogP contribution in [0.4, 0.5) is 0 Å². The number of guanidine groups is 1. The van der Waals surface area contributed by atoms with Gasteiger partial charge in [-0.05, 0) is 30.9 Å². The number of hydrogen-bond donors (Lipinski definition) is 2. The molecule has 0 bridgehead atoms. The number of aliphatic imine (C=N–C) groups is 1. The fourth-order valence-corrected chi connectivity index (χ4v) is 3.73. The molecule has 0 spiro atoms. The van der Waals surface area contributed by atoms with Gasteiger partial charge < -0.3 is 5.32 Å². The van der Waals surface area contributed by atoms with E-state index < -0.39 is 10.0 Å². The lowest BCUT2D eigenvalue weighted by Gasteiger charge is -2.25. The Morgan fingerprint density at radius 3 is 2.79 bits per heavy atom. The van der Waals surface area contributed by atoms with Gasteiger partial charge in [0.25, 0.3) is 10.0 Å². The maximum absolute atomic E-state index is 12.2. The number of nitrogens with zero attached hydrogens (tertiary/aromatic N) is 1. The molecular formula is C13H17N3O2S. The maximum Gasteiger partial charge on any atom is 0.264 e. The van der Waals surface area contributed by atoms with E-state index in [1.807, 2.05) is 0 Å². The van der Waals surface area contributed by atoms with Crippen LogP contribution < -0.4 is 10.0 Å². The maximum atomic E-state index is 12.2. The smallest absolute Gasteiger partial charge is 0.264 e. The van der Waals surface area contributed by atoms with Crippen LogP contribution in [0, 0.1) is 5.92 Å². The van der Waals surface area contributed by atoms with Gasteiger partial charge in [-0.15, -0.1) is 0 Å². The molecule has 3 rings (SSSR count). The van der Waals surface area contributed by atoms with Crippen LogP contribution in [-0.4, -0.2) is 27.0 Å². The fraction of sp³-hybridized carbons (Fsp3) is 0.462. The van der Waals surface area contributed by atoms with Crippen molar-refractivity contribution in [3.8, 4) is 0 Å². The minimum Gasteiger partial charge on any atom is -0.355 e. The molecule has 19 heavy (non-hydrogen) atoms. The molecule has 0 radical (unpaired) electrons. The number of nitrogens with one attached hydrogen (secondary N) is 2. The molecule has 1 heterocycles. The van der Waals surface area contributed by atoms with Crippen LogP contribution in [0.25, 0.3) is 0 Å². The van der Waals surface area contributed by atoms with Crippen molar-refractivity contribution in [2.24, 2.45) is 10.9 Å². The minimum atomic E-state index is -3.53. The van der Waals surface area contributed by atoms with Gasteiger partial charge in [0, 0.05) is 6.54 Å². The van der Waals surface area contributed by atoms with E-state index in [0.29, 0.717) is 11.9 Å². The molecule has 2 atom stereocenters. The van der Waals surface area contributed by atoms with Gasteiger partial charge in [0.1, 0.15) is 0 Å². The summed E-state index contributed by atoms with van der Waals surface area (Å²) in [5.74, 6) is 0.942. The summed E-state index contributed by atoms with van der Waals surface area (Å²) in [5, 5.41) is 3.08. The molecule has 1 fully saturated rings. The Morgan fingerprint density at radius 1 is 1.21 bits per heavy atom. The summed E-state index contributed by atoms with van der Waals surface area (Å²) in [5.41, 5.74) is 0. The molecule has 0 saturated heterocycles. The van der Waals surface area contributed by atoms with E-state index in [4.69, 9.17) is 0 Å². The van der Waals surface area contributed by atoms with E-state index in [-0.39, 0.29) is 10.9 Å². The molecule has 2 N–H and O–H groups in total. The van der Waals surface area contributed by atoms with E-state index in [0.717, 1.165) is 13.0 Å². The summed E-state index contributed by atoms with van der Waals surface area (Å²) < 4.78 is 26.9. The summed E-state index contributed by atoms with van der Waals surface area (Å²) in [6.45, 7) is 0.806. The lowest BCUT2D eigenvalue weighted by atomic mass is 10.0. The lowest BCUT2D eigenvalue weighted by molar-refractivity contribution is 0.449. The third-order valence-corrected chi connectivity index (χ3v) is 5.08. The fourth-order valence-electron chi connectivity index (χ4n) is 2.71. The second-order valence-electron chi connectivity index (χ2n) is 5.04. The van der Waals surface area contributed by atoms with E-state index in [9.17, 15) is 8.42 Å². The van der Waals surface area contributed by atoms with E-state index in [1.54, 1.807) is 30.3 Å². The highest BCUT2D eigenvalue weighted by Crippen LogP contribution is 2.29. The number of rotatable bonds is 2. The quantitative estimate of drug-likeness (QED) is 0.851. The molecule has 2 aliphatic rings. The van der Waals surface area contributed by atoms with Crippen LogP contribution in [0.15, 0.2) is 40.2 Å². The van der Waals surface area contributed by atoms with Crippen molar-refractivity contribution in [1.29, 1.82) is 0 Å². The SMILES string of the molecule is O=S(=O)(NC1=N[C@H]2CCC[C@H]2CN1)c1ccccc1. The van der Waals surface area contributed by atoms with Crippen molar-refractivity contribution in [3.05, 3.63) is 30.3 Å². The lowest BCUT2D eigenvalue weighted by Crippen LogP contribution is -2.47. The number of hydrogen-bond acceptors (Lipinski definition) is 4. The van der Waals surface area contributed by atoms with Crippen LogP contribution in [0.2, 0.25) is 0 Å². The Bertz CT molecular complexity index is 583. The van der Waals surface area contributed by atoms with E-state index in [1.165, 1.54) is 12.8 Å². The van der Waals surface area contributed by atoms with Crippen LogP contribution in [0.5, 0.6) is 0 Å². The van der Waals surface area contributed by atoms with Crippen molar-refractivity contribution in [2.75, 3.05) is 6.54 Å². The minimum absolute atomic E-state index is 0.257. The van der Waals surface area contributed by atoms with Gasteiger partial charge in [-0.3, -0.25) is 0 Å². The Labute approximate surface area is 113 Å². The van der Waals surface area contributed by atoms with Gasteiger partial charge in [0.15, 0.2) is 0 Å². The predicted molar refractivity (Wildman–Crippen MR) is 73.3 cm³/mol. The van der Waals surface area contributed by atoms with Gasteiger partial charge >= 0.3 is 0 Å². The molecule has 0 amide bonds.